The maximum absolute atomic E-state index is 12.7. The van der Waals surface area contributed by atoms with Crippen LogP contribution in [-0.2, 0) is 11.3 Å². The van der Waals surface area contributed by atoms with Crippen LogP contribution in [0.3, 0.4) is 0 Å². The van der Waals surface area contributed by atoms with Crippen LogP contribution in [0.5, 0.6) is 5.75 Å². The molecular formula is C21H23N5O3. The van der Waals surface area contributed by atoms with E-state index in [1.54, 1.807) is 23.6 Å². The summed E-state index contributed by atoms with van der Waals surface area (Å²) >= 11 is 0. The molecule has 2 aliphatic rings. The zero-order valence-electron chi connectivity index (χ0n) is 16.2. The van der Waals surface area contributed by atoms with Crippen molar-refractivity contribution >= 4 is 11.4 Å². The summed E-state index contributed by atoms with van der Waals surface area (Å²) in [5, 5.41) is 21.1. The number of carbonyl (C=O) groups is 1. The van der Waals surface area contributed by atoms with Crippen molar-refractivity contribution in [1.29, 1.82) is 0 Å². The molecule has 0 radical (unpaired) electrons. The largest absolute Gasteiger partial charge is 0.508 e. The Morgan fingerprint density at radius 1 is 1.17 bits per heavy atom. The Balaban J connectivity index is 1.24. The number of phenols is 1. The first-order valence-corrected chi connectivity index (χ1v) is 10.0. The van der Waals surface area contributed by atoms with Gasteiger partial charge < -0.3 is 10.4 Å². The SMILES string of the molecule is Cc1nn(CC(=O)NC2CC(c3ccc(O)cc3)C2)c(=O)c2cc(C3CC3)nn12. The minimum Gasteiger partial charge on any atom is -0.508 e. The Bertz CT molecular complexity index is 1140. The van der Waals surface area contributed by atoms with Gasteiger partial charge in [-0.2, -0.15) is 10.2 Å². The summed E-state index contributed by atoms with van der Waals surface area (Å²) < 4.78 is 2.81. The number of benzene rings is 1. The van der Waals surface area contributed by atoms with Crippen molar-refractivity contribution in [2.24, 2.45) is 0 Å². The maximum Gasteiger partial charge on any atom is 0.293 e. The van der Waals surface area contributed by atoms with E-state index in [2.05, 4.69) is 15.5 Å². The summed E-state index contributed by atoms with van der Waals surface area (Å²) in [6, 6.07) is 9.13. The van der Waals surface area contributed by atoms with E-state index in [1.165, 1.54) is 10.2 Å². The first kappa shape index (κ1) is 17.9. The highest BCUT2D eigenvalue weighted by molar-refractivity contribution is 5.76. The van der Waals surface area contributed by atoms with E-state index in [1.807, 2.05) is 18.2 Å². The molecular weight excluding hydrogens is 370 g/mol. The molecule has 150 valence electrons. The summed E-state index contributed by atoms with van der Waals surface area (Å²) in [6.07, 6.45) is 3.92. The zero-order chi connectivity index (χ0) is 20.1. The number of nitrogens with zero attached hydrogens (tertiary/aromatic N) is 4. The third-order valence-corrected chi connectivity index (χ3v) is 5.91. The number of rotatable bonds is 5. The van der Waals surface area contributed by atoms with Gasteiger partial charge in [-0.3, -0.25) is 9.59 Å². The molecule has 5 rings (SSSR count). The third kappa shape index (κ3) is 3.39. The molecule has 1 amide bonds. The van der Waals surface area contributed by atoms with E-state index in [0.717, 1.165) is 31.4 Å². The monoisotopic (exact) mass is 393 g/mol. The first-order chi connectivity index (χ1) is 14.0. The van der Waals surface area contributed by atoms with Crippen molar-refractivity contribution in [3.8, 4) is 5.75 Å². The van der Waals surface area contributed by atoms with Gasteiger partial charge in [-0.1, -0.05) is 12.1 Å². The standard InChI is InChI=1S/C21H23N5O3/c1-12-23-25(21(29)19-10-18(14-2-3-14)24-26(12)19)11-20(28)22-16-8-15(9-16)13-4-6-17(27)7-5-13/h4-7,10,14-16,27H,2-3,8-9,11H2,1H3,(H,22,28). The number of amides is 1. The number of aryl methyl sites for hydroxylation is 1. The lowest BCUT2D eigenvalue weighted by Gasteiger charge is -2.36. The van der Waals surface area contributed by atoms with Crippen LogP contribution >= 0.6 is 0 Å². The van der Waals surface area contributed by atoms with Crippen LogP contribution in [0.2, 0.25) is 0 Å². The lowest BCUT2D eigenvalue weighted by atomic mass is 9.76. The second-order valence-corrected chi connectivity index (χ2v) is 8.17. The van der Waals surface area contributed by atoms with Crippen molar-refractivity contribution in [2.75, 3.05) is 0 Å². The Labute approximate surface area is 167 Å². The predicted molar refractivity (Wildman–Crippen MR) is 106 cm³/mol. The molecule has 0 atom stereocenters. The number of fused-ring (bicyclic) bond motifs is 1. The van der Waals surface area contributed by atoms with Crippen LogP contribution in [0.1, 0.15) is 54.6 Å². The number of nitrogens with one attached hydrogen (secondary N) is 1. The molecule has 2 aliphatic carbocycles. The molecule has 0 unspecified atom stereocenters. The van der Waals surface area contributed by atoms with Crippen LogP contribution in [0.15, 0.2) is 35.1 Å². The summed E-state index contributed by atoms with van der Waals surface area (Å²) in [5.41, 5.74) is 2.28. The van der Waals surface area contributed by atoms with Gasteiger partial charge in [0.1, 0.15) is 23.6 Å². The fourth-order valence-corrected chi connectivity index (χ4v) is 4.04. The predicted octanol–water partition coefficient (Wildman–Crippen LogP) is 1.84. The molecule has 8 nitrogen and oxygen atoms in total. The quantitative estimate of drug-likeness (QED) is 0.689. The molecule has 3 aromatic rings. The number of carbonyl (C=O) groups excluding carboxylic acids is 1. The molecule has 0 saturated heterocycles. The van der Waals surface area contributed by atoms with Gasteiger partial charge in [0.05, 0.1) is 5.69 Å². The van der Waals surface area contributed by atoms with Gasteiger partial charge in [-0.15, -0.1) is 0 Å². The van der Waals surface area contributed by atoms with Gasteiger partial charge in [0.25, 0.3) is 5.56 Å². The van der Waals surface area contributed by atoms with Gasteiger partial charge in [0.2, 0.25) is 5.91 Å². The number of phenolic OH excluding ortho intramolecular Hbond substituents is 1. The van der Waals surface area contributed by atoms with E-state index < -0.39 is 0 Å². The fourth-order valence-electron chi connectivity index (χ4n) is 4.04. The highest BCUT2D eigenvalue weighted by Crippen LogP contribution is 2.39. The summed E-state index contributed by atoms with van der Waals surface area (Å²) in [6.45, 7) is 1.69. The molecule has 29 heavy (non-hydrogen) atoms. The molecule has 0 spiro atoms. The Morgan fingerprint density at radius 2 is 1.90 bits per heavy atom. The molecule has 2 saturated carbocycles. The number of aromatic hydroxyl groups is 1. The Hall–Kier alpha value is -3.16. The number of hydrogen-bond donors (Lipinski definition) is 2. The molecule has 2 aromatic heterocycles. The highest BCUT2D eigenvalue weighted by atomic mass is 16.3. The molecule has 8 heteroatoms. The van der Waals surface area contributed by atoms with Gasteiger partial charge in [0, 0.05) is 12.0 Å². The smallest absolute Gasteiger partial charge is 0.293 e. The van der Waals surface area contributed by atoms with Crippen molar-refractivity contribution in [3.63, 3.8) is 0 Å². The van der Waals surface area contributed by atoms with E-state index in [9.17, 15) is 14.7 Å². The van der Waals surface area contributed by atoms with E-state index >= 15 is 0 Å². The minimum atomic E-state index is -0.291. The van der Waals surface area contributed by atoms with Gasteiger partial charge >= 0.3 is 0 Å². The van der Waals surface area contributed by atoms with Crippen molar-refractivity contribution < 1.29 is 9.90 Å². The minimum absolute atomic E-state index is 0.0956. The van der Waals surface area contributed by atoms with Crippen LogP contribution in [0.4, 0.5) is 0 Å². The van der Waals surface area contributed by atoms with E-state index in [4.69, 9.17) is 0 Å². The average molecular weight is 393 g/mol. The van der Waals surface area contributed by atoms with Crippen LogP contribution in [0, 0.1) is 6.92 Å². The Kier molecular flexibility index (Phi) is 4.15. The lowest BCUT2D eigenvalue weighted by molar-refractivity contribution is -0.123. The van der Waals surface area contributed by atoms with Crippen LogP contribution in [0.25, 0.3) is 5.52 Å². The maximum atomic E-state index is 12.7. The number of hydrogen-bond acceptors (Lipinski definition) is 5. The van der Waals surface area contributed by atoms with Gasteiger partial charge in [-0.25, -0.2) is 9.20 Å². The molecule has 2 heterocycles. The second-order valence-electron chi connectivity index (χ2n) is 8.17. The molecule has 1 aromatic carbocycles. The third-order valence-electron chi connectivity index (χ3n) is 5.91. The average Bonchev–Trinajstić information content (AvgIpc) is 3.41. The van der Waals surface area contributed by atoms with Crippen molar-refractivity contribution in [3.05, 3.63) is 57.8 Å². The summed E-state index contributed by atoms with van der Waals surface area (Å²) in [7, 11) is 0. The highest BCUT2D eigenvalue weighted by Gasteiger charge is 2.31. The summed E-state index contributed by atoms with van der Waals surface area (Å²) in [5.74, 6) is 1.47. The molecule has 2 fully saturated rings. The summed E-state index contributed by atoms with van der Waals surface area (Å²) in [4.78, 5) is 25.2. The zero-order valence-corrected chi connectivity index (χ0v) is 16.2. The molecule has 2 N–H and O–H groups in total. The van der Waals surface area contributed by atoms with Gasteiger partial charge in [0.15, 0.2) is 0 Å². The molecule has 0 aliphatic heterocycles. The fraction of sp³-hybridized carbons (Fsp3) is 0.429. The second kappa shape index (κ2) is 6.72. The normalized spacial score (nSPS) is 21.1. The lowest BCUT2D eigenvalue weighted by Crippen LogP contribution is -2.45. The van der Waals surface area contributed by atoms with Crippen LogP contribution in [-0.4, -0.2) is 36.5 Å². The molecule has 0 bridgehead atoms. The van der Waals surface area contributed by atoms with Crippen molar-refractivity contribution in [2.45, 2.75) is 57.0 Å². The van der Waals surface area contributed by atoms with Gasteiger partial charge in [-0.05, 0) is 62.3 Å². The van der Waals surface area contributed by atoms with E-state index in [-0.39, 0.29) is 29.8 Å². The van der Waals surface area contributed by atoms with E-state index in [0.29, 0.717) is 23.2 Å². The Morgan fingerprint density at radius 3 is 2.59 bits per heavy atom. The van der Waals surface area contributed by atoms with Crippen LogP contribution < -0.4 is 10.9 Å². The number of aromatic nitrogens is 4. The first-order valence-electron chi connectivity index (χ1n) is 10.0. The topological polar surface area (TPSA) is 102 Å². The van der Waals surface area contributed by atoms with Crippen molar-refractivity contribution in [1.82, 2.24) is 24.7 Å².